The van der Waals surface area contributed by atoms with Gasteiger partial charge in [0.25, 0.3) is 0 Å². The monoisotopic (exact) mass is 310 g/mol. The average molecular weight is 310 g/mol. The topological polar surface area (TPSA) is 37.3 Å². The second kappa shape index (κ2) is 4.31. The first kappa shape index (κ1) is 14.3. The van der Waals surface area contributed by atoms with Crippen molar-refractivity contribution in [1.82, 2.24) is 0 Å². The van der Waals surface area contributed by atoms with Gasteiger partial charge in [-0.2, -0.15) is 0 Å². The van der Waals surface area contributed by atoms with Gasteiger partial charge in [-0.1, -0.05) is 18.4 Å². The molecule has 0 aromatic heterocycles. The molecular formula is C21H26O2. The average Bonchev–Trinajstić information content (AvgIpc) is 3.30. The number of fused-ring (bicyclic) bond motifs is 7. The molecule has 0 heterocycles. The molecule has 4 saturated carbocycles. The van der Waals surface area contributed by atoms with E-state index in [1.807, 2.05) is 6.08 Å². The summed E-state index contributed by atoms with van der Waals surface area (Å²) in [7, 11) is 0. The first-order valence-electron chi connectivity index (χ1n) is 9.43. The van der Waals surface area contributed by atoms with Crippen molar-refractivity contribution in [2.75, 3.05) is 0 Å². The molecule has 0 aromatic rings. The molecule has 0 bridgehead atoms. The van der Waals surface area contributed by atoms with Crippen LogP contribution in [0, 0.1) is 53.3 Å². The number of terminal acetylenes is 1. The second-order valence-electron chi connectivity index (χ2n) is 9.10. The molecule has 1 N–H and O–H groups in total. The van der Waals surface area contributed by atoms with Gasteiger partial charge >= 0.3 is 0 Å². The van der Waals surface area contributed by atoms with Crippen molar-refractivity contribution in [2.24, 2.45) is 40.9 Å². The molecule has 0 aromatic carbocycles. The van der Waals surface area contributed by atoms with E-state index in [1.54, 1.807) is 0 Å². The van der Waals surface area contributed by atoms with Crippen molar-refractivity contribution in [2.45, 2.75) is 57.5 Å². The molecule has 4 fully saturated rings. The zero-order valence-electron chi connectivity index (χ0n) is 13.9. The van der Waals surface area contributed by atoms with Crippen LogP contribution in [-0.2, 0) is 4.79 Å². The maximum atomic E-state index is 11.8. The summed E-state index contributed by atoms with van der Waals surface area (Å²) in [6.45, 7) is 2.27. The molecule has 5 aliphatic carbocycles. The van der Waals surface area contributed by atoms with Crippen LogP contribution in [0.2, 0.25) is 0 Å². The van der Waals surface area contributed by atoms with Gasteiger partial charge in [-0.15, -0.1) is 6.42 Å². The van der Waals surface area contributed by atoms with E-state index >= 15 is 0 Å². The molecule has 0 spiro atoms. The number of allylic oxidation sites excluding steroid dienone is 1. The lowest BCUT2D eigenvalue weighted by atomic mass is 9.49. The Morgan fingerprint density at radius 2 is 2.04 bits per heavy atom. The summed E-state index contributed by atoms with van der Waals surface area (Å²) in [6, 6.07) is 0. The maximum Gasteiger partial charge on any atom is 0.155 e. The number of hydrogen-bond donors (Lipinski definition) is 1. The van der Waals surface area contributed by atoms with Gasteiger partial charge in [0.05, 0.1) is 0 Å². The third-order valence-electron chi connectivity index (χ3n) is 8.48. The number of hydrogen-bond acceptors (Lipinski definition) is 2. The Hall–Kier alpha value is -1.07. The second-order valence-corrected chi connectivity index (χ2v) is 9.10. The summed E-state index contributed by atoms with van der Waals surface area (Å²) in [6.07, 6.45) is 15.2. The lowest BCUT2D eigenvalue weighted by Gasteiger charge is -2.56. The molecule has 23 heavy (non-hydrogen) atoms. The molecular weight excluding hydrogens is 284 g/mol. The van der Waals surface area contributed by atoms with Gasteiger partial charge < -0.3 is 5.11 Å². The largest absolute Gasteiger partial charge is 0.377 e. The smallest absolute Gasteiger partial charge is 0.155 e. The molecule has 0 aliphatic heterocycles. The van der Waals surface area contributed by atoms with Crippen molar-refractivity contribution in [1.29, 1.82) is 0 Å². The number of carbonyl (C=O) groups excluding carboxylic acids is 1. The molecule has 5 aliphatic rings. The van der Waals surface area contributed by atoms with Crippen LogP contribution < -0.4 is 0 Å². The minimum atomic E-state index is -0.869. The van der Waals surface area contributed by atoms with Crippen molar-refractivity contribution >= 4 is 5.78 Å². The SMILES string of the molecule is C#C[C@]1(O)[C@@H]2C[C@@H]2[C@H]2[C@@H]3CCC4=CC(=O)CC[C@@H]4[C@H]3CC[C@@]21C. The Bertz CT molecular complexity index is 655. The number of ketones is 1. The summed E-state index contributed by atoms with van der Waals surface area (Å²) in [5.74, 6) is 6.84. The summed E-state index contributed by atoms with van der Waals surface area (Å²) < 4.78 is 0. The van der Waals surface area contributed by atoms with Gasteiger partial charge in [0, 0.05) is 17.8 Å². The fourth-order valence-electron chi connectivity index (χ4n) is 7.45. The van der Waals surface area contributed by atoms with E-state index in [1.165, 1.54) is 18.4 Å². The van der Waals surface area contributed by atoms with E-state index in [0.29, 0.717) is 35.4 Å². The van der Waals surface area contributed by atoms with Crippen LogP contribution in [0.5, 0.6) is 0 Å². The predicted octanol–water partition coefficient (Wildman–Crippen LogP) is 3.35. The molecule has 2 nitrogen and oxygen atoms in total. The van der Waals surface area contributed by atoms with Crippen molar-refractivity contribution in [3.05, 3.63) is 11.6 Å². The minimum absolute atomic E-state index is 0.0811. The molecule has 0 unspecified atom stereocenters. The fraction of sp³-hybridized carbons (Fsp3) is 0.762. The fourth-order valence-corrected chi connectivity index (χ4v) is 7.45. The molecule has 0 saturated heterocycles. The van der Waals surface area contributed by atoms with Crippen LogP contribution >= 0.6 is 0 Å². The van der Waals surface area contributed by atoms with Crippen LogP contribution in [0.3, 0.4) is 0 Å². The van der Waals surface area contributed by atoms with Crippen molar-refractivity contribution in [3.63, 3.8) is 0 Å². The highest BCUT2D eigenvalue weighted by atomic mass is 16.3. The number of rotatable bonds is 0. The number of carbonyl (C=O) groups is 1. The Labute approximate surface area is 138 Å². The number of aliphatic hydroxyl groups is 1. The van der Waals surface area contributed by atoms with Gasteiger partial charge in [0.2, 0.25) is 0 Å². The Morgan fingerprint density at radius 1 is 1.22 bits per heavy atom. The molecule has 5 rings (SSSR count). The van der Waals surface area contributed by atoms with Gasteiger partial charge in [-0.25, -0.2) is 0 Å². The Kier molecular flexibility index (Phi) is 2.68. The first-order chi connectivity index (χ1) is 11.0. The highest BCUT2D eigenvalue weighted by molar-refractivity contribution is 5.91. The molecule has 0 radical (unpaired) electrons. The lowest BCUT2D eigenvalue weighted by Crippen LogP contribution is -2.54. The van der Waals surface area contributed by atoms with E-state index in [9.17, 15) is 9.90 Å². The molecule has 8 atom stereocenters. The third kappa shape index (κ3) is 1.58. The predicted molar refractivity (Wildman–Crippen MR) is 88.2 cm³/mol. The van der Waals surface area contributed by atoms with E-state index in [4.69, 9.17) is 6.42 Å². The first-order valence-corrected chi connectivity index (χ1v) is 9.43. The van der Waals surface area contributed by atoms with E-state index < -0.39 is 5.60 Å². The van der Waals surface area contributed by atoms with Crippen LogP contribution in [0.15, 0.2) is 11.6 Å². The molecule has 0 amide bonds. The van der Waals surface area contributed by atoms with Gasteiger partial charge in [-0.3, -0.25) is 4.79 Å². The normalized spacial score (nSPS) is 56.6. The summed E-state index contributed by atoms with van der Waals surface area (Å²) in [5.41, 5.74) is 0.484. The zero-order valence-corrected chi connectivity index (χ0v) is 13.9. The maximum absolute atomic E-state index is 11.8. The molecule has 2 heteroatoms. The van der Waals surface area contributed by atoms with Crippen LogP contribution in [0.25, 0.3) is 0 Å². The van der Waals surface area contributed by atoms with E-state index in [0.717, 1.165) is 38.0 Å². The van der Waals surface area contributed by atoms with Crippen LogP contribution in [0.4, 0.5) is 0 Å². The van der Waals surface area contributed by atoms with E-state index in [-0.39, 0.29) is 5.41 Å². The standard InChI is InChI=1S/C21H26O2/c1-3-21(23)18-11-17(18)19-16-6-4-12-10-13(22)5-7-14(12)15(16)8-9-20(19,21)2/h1,10,14-19,23H,4-9,11H2,2H3/t14-,15+,16+,17-,18+,19+,20-,21-/m0/s1. The van der Waals surface area contributed by atoms with Crippen LogP contribution in [-0.4, -0.2) is 16.5 Å². The van der Waals surface area contributed by atoms with Crippen molar-refractivity contribution < 1.29 is 9.90 Å². The van der Waals surface area contributed by atoms with Gasteiger partial charge in [0.1, 0.15) is 5.60 Å². The highest BCUT2D eigenvalue weighted by Gasteiger charge is 2.75. The Morgan fingerprint density at radius 3 is 2.83 bits per heavy atom. The van der Waals surface area contributed by atoms with Crippen molar-refractivity contribution in [3.8, 4) is 12.3 Å². The Balaban J connectivity index is 1.52. The van der Waals surface area contributed by atoms with E-state index in [2.05, 4.69) is 12.8 Å². The van der Waals surface area contributed by atoms with Gasteiger partial charge in [-0.05, 0) is 74.2 Å². The molecule has 122 valence electrons. The third-order valence-corrected chi connectivity index (χ3v) is 8.48. The quantitative estimate of drug-likeness (QED) is 0.697. The summed E-state index contributed by atoms with van der Waals surface area (Å²) >= 11 is 0. The van der Waals surface area contributed by atoms with Crippen LogP contribution in [0.1, 0.15) is 51.9 Å². The minimum Gasteiger partial charge on any atom is -0.377 e. The zero-order chi connectivity index (χ0) is 16.0. The lowest BCUT2D eigenvalue weighted by molar-refractivity contribution is -0.118. The summed E-state index contributed by atoms with van der Waals surface area (Å²) in [5, 5.41) is 11.2. The van der Waals surface area contributed by atoms with Gasteiger partial charge in [0.15, 0.2) is 5.78 Å². The highest BCUT2D eigenvalue weighted by Crippen LogP contribution is 2.75. The summed E-state index contributed by atoms with van der Waals surface area (Å²) in [4.78, 5) is 11.8.